The Hall–Kier alpha value is -2.01. The van der Waals surface area contributed by atoms with Crippen molar-refractivity contribution in [2.24, 2.45) is 0 Å². The van der Waals surface area contributed by atoms with Crippen molar-refractivity contribution in [1.29, 1.82) is 0 Å². The number of sulfonamides is 1. The van der Waals surface area contributed by atoms with E-state index in [-0.39, 0.29) is 27.9 Å². The van der Waals surface area contributed by atoms with E-state index >= 15 is 0 Å². The van der Waals surface area contributed by atoms with Crippen LogP contribution in [0.15, 0.2) is 39.9 Å². The van der Waals surface area contributed by atoms with Crippen molar-refractivity contribution in [3.63, 3.8) is 0 Å². The van der Waals surface area contributed by atoms with Gasteiger partial charge < -0.3 is 4.90 Å². The van der Waals surface area contributed by atoms with E-state index in [0.29, 0.717) is 6.42 Å². The van der Waals surface area contributed by atoms with E-state index in [9.17, 15) is 22.4 Å². The van der Waals surface area contributed by atoms with Gasteiger partial charge in [-0.15, -0.1) is 11.3 Å². The van der Waals surface area contributed by atoms with Gasteiger partial charge in [-0.2, -0.15) is 0 Å². The maximum atomic E-state index is 13.4. The number of rotatable bonds is 4. The lowest BCUT2D eigenvalue weighted by Crippen LogP contribution is -2.49. The van der Waals surface area contributed by atoms with E-state index in [2.05, 4.69) is 4.72 Å². The summed E-state index contributed by atoms with van der Waals surface area (Å²) in [6.07, 6.45) is 0.554. The van der Waals surface area contributed by atoms with Crippen molar-refractivity contribution >= 4 is 50.6 Å². The molecular formula is C17H15ClFN3O4S2. The molecule has 7 nitrogen and oxygen atoms in total. The summed E-state index contributed by atoms with van der Waals surface area (Å²) in [7, 11) is -3.67. The quantitative estimate of drug-likeness (QED) is 0.736. The number of nitrogens with zero attached hydrogens (tertiary/aromatic N) is 2. The molecule has 3 amide bonds. The molecule has 4 rings (SSSR count). The van der Waals surface area contributed by atoms with E-state index in [1.165, 1.54) is 23.1 Å². The van der Waals surface area contributed by atoms with E-state index in [1.807, 2.05) is 0 Å². The van der Waals surface area contributed by atoms with Crippen molar-refractivity contribution in [2.75, 3.05) is 11.4 Å². The van der Waals surface area contributed by atoms with Gasteiger partial charge >= 0.3 is 6.03 Å². The number of amides is 3. The largest absolute Gasteiger partial charge is 0.332 e. The molecule has 148 valence electrons. The number of nitrogens with one attached hydrogen (secondary N) is 1. The number of thiophene rings is 1. The van der Waals surface area contributed by atoms with Crippen LogP contribution >= 0.6 is 22.9 Å². The van der Waals surface area contributed by atoms with Gasteiger partial charge in [0.2, 0.25) is 10.0 Å². The summed E-state index contributed by atoms with van der Waals surface area (Å²) in [6, 6.07) is 5.02. The van der Waals surface area contributed by atoms with E-state index < -0.39 is 39.9 Å². The summed E-state index contributed by atoms with van der Waals surface area (Å²) in [5, 5.41) is 1.48. The van der Waals surface area contributed by atoms with Gasteiger partial charge in [0.25, 0.3) is 5.91 Å². The summed E-state index contributed by atoms with van der Waals surface area (Å²) in [5.41, 5.74) is 0.187. The van der Waals surface area contributed by atoms with Gasteiger partial charge in [-0.1, -0.05) is 17.7 Å². The molecule has 28 heavy (non-hydrogen) atoms. The van der Waals surface area contributed by atoms with Crippen molar-refractivity contribution < 1.29 is 22.4 Å². The molecule has 2 aliphatic heterocycles. The monoisotopic (exact) mass is 443 g/mol. The molecule has 2 fully saturated rings. The molecule has 0 bridgehead atoms. The number of urea groups is 1. The SMILES string of the molecule is O=C1C2CC(NS(=O)(=O)c3cccs3)CCN2C(=O)N1c1ccc(F)c(Cl)c1. The van der Waals surface area contributed by atoms with E-state index in [1.54, 1.807) is 11.4 Å². The minimum atomic E-state index is -3.67. The second-order valence-electron chi connectivity index (χ2n) is 6.54. The number of benzene rings is 1. The zero-order chi connectivity index (χ0) is 20.1. The van der Waals surface area contributed by atoms with Crippen LogP contribution in [-0.4, -0.2) is 43.9 Å². The lowest BCUT2D eigenvalue weighted by molar-refractivity contribution is -0.120. The van der Waals surface area contributed by atoms with Crippen LogP contribution in [0, 0.1) is 5.82 Å². The standard InChI is InChI=1S/C17H15ClFN3O4S2/c18-12-9-11(3-4-13(12)19)22-16(23)14-8-10(5-6-21(14)17(22)24)20-28(25,26)15-2-1-7-27-15/h1-4,7,9-10,14,20H,5-6,8H2. The fourth-order valence-corrected chi connectivity index (χ4v) is 5.93. The normalized spacial score (nSPS) is 22.6. The summed E-state index contributed by atoms with van der Waals surface area (Å²) < 4.78 is 41.1. The molecule has 1 aromatic carbocycles. The third-order valence-electron chi connectivity index (χ3n) is 4.79. The average molecular weight is 444 g/mol. The third kappa shape index (κ3) is 3.30. The number of hydrogen-bond acceptors (Lipinski definition) is 5. The summed E-state index contributed by atoms with van der Waals surface area (Å²) in [5.74, 6) is -1.13. The number of anilines is 1. The van der Waals surface area contributed by atoms with Crippen molar-refractivity contribution in [2.45, 2.75) is 29.1 Å². The molecule has 2 aliphatic rings. The Labute approximate surface area is 169 Å². The highest BCUT2D eigenvalue weighted by molar-refractivity contribution is 7.91. The fraction of sp³-hybridized carbons (Fsp3) is 0.294. The van der Waals surface area contributed by atoms with E-state index in [0.717, 1.165) is 22.3 Å². The molecule has 2 aromatic rings. The zero-order valence-corrected chi connectivity index (χ0v) is 16.7. The Bertz CT molecular complexity index is 1040. The topological polar surface area (TPSA) is 86.8 Å². The van der Waals surface area contributed by atoms with Gasteiger partial charge in [0.1, 0.15) is 16.1 Å². The van der Waals surface area contributed by atoms with Crippen LogP contribution in [0.3, 0.4) is 0 Å². The van der Waals surface area contributed by atoms with Gasteiger partial charge in [-0.3, -0.25) is 4.79 Å². The van der Waals surface area contributed by atoms with Gasteiger partial charge in [0, 0.05) is 12.6 Å². The third-order valence-corrected chi connectivity index (χ3v) is 8.00. The highest BCUT2D eigenvalue weighted by atomic mass is 35.5. The first-order valence-corrected chi connectivity index (χ1v) is 11.2. The second-order valence-corrected chi connectivity index (χ2v) is 9.83. The first kappa shape index (κ1) is 19.3. The molecule has 1 N–H and O–H groups in total. The Morgan fingerprint density at radius 2 is 2.04 bits per heavy atom. The maximum absolute atomic E-state index is 13.4. The van der Waals surface area contributed by atoms with Crippen molar-refractivity contribution in [3.05, 3.63) is 46.6 Å². The van der Waals surface area contributed by atoms with Crippen LogP contribution in [0.4, 0.5) is 14.9 Å². The maximum Gasteiger partial charge on any atom is 0.332 e. The smallest absolute Gasteiger partial charge is 0.312 e. The summed E-state index contributed by atoms with van der Waals surface area (Å²) in [4.78, 5) is 27.9. The molecule has 2 atom stereocenters. The number of imide groups is 1. The number of hydrogen-bond donors (Lipinski definition) is 1. The van der Waals surface area contributed by atoms with E-state index in [4.69, 9.17) is 11.6 Å². The van der Waals surface area contributed by atoms with Crippen LogP contribution in [0.2, 0.25) is 5.02 Å². The Morgan fingerprint density at radius 1 is 1.25 bits per heavy atom. The minimum absolute atomic E-state index is 0.167. The molecule has 1 aromatic heterocycles. The van der Waals surface area contributed by atoms with Crippen LogP contribution in [-0.2, 0) is 14.8 Å². The number of piperidine rings is 1. The summed E-state index contributed by atoms with van der Waals surface area (Å²) >= 11 is 6.88. The Kier molecular flexibility index (Phi) is 4.90. The molecule has 0 saturated carbocycles. The molecule has 0 radical (unpaired) electrons. The molecule has 11 heteroatoms. The number of carbonyl (C=O) groups excluding carboxylic acids is 2. The lowest BCUT2D eigenvalue weighted by Gasteiger charge is -2.32. The second kappa shape index (κ2) is 7.11. The number of fused-ring (bicyclic) bond motifs is 1. The van der Waals surface area contributed by atoms with Crippen LogP contribution in [0.1, 0.15) is 12.8 Å². The van der Waals surface area contributed by atoms with Crippen LogP contribution in [0.25, 0.3) is 0 Å². The molecule has 0 spiro atoms. The number of halogens is 2. The molecule has 2 saturated heterocycles. The molecule has 3 heterocycles. The Balaban J connectivity index is 1.54. The van der Waals surface area contributed by atoms with Gasteiger partial charge in [0.15, 0.2) is 0 Å². The lowest BCUT2D eigenvalue weighted by atomic mass is 9.99. The zero-order valence-electron chi connectivity index (χ0n) is 14.3. The molecule has 2 unspecified atom stereocenters. The predicted molar refractivity (Wildman–Crippen MR) is 102 cm³/mol. The van der Waals surface area contributed by atoms with Crippen molar-refractivity contribution in [3.8, 4) is 0 Å². The minimum Gasteiger partial charge on any atom is -0.312 e. The summed E-state index contributed by atoms with van der Waals surface area (Å²) in [6.45, 7) is 0.234. The first-order valence-electron chi connectivity index (χ1n) is 8.43. The van der Waals surface area contributed by atoms with Gasteiger partial charge in [-0.05, 0) is 42.5 Å². The average Bonchev–Trinajstić information content (AvgIpc) is 3.26. The van der Waals surface area contributed by atoms with Gasteiger partial charge in [-0.25, -0.2) is 27.2 Å². The first-order chi connectivity index (χ1) is 13.3. The molecule has 0 aliphatic carbocycles. The van der Waals surface area contributed by atoms with Gasteiger partial charge in [0.05, 0.1) is 10.7 Å². The molecular weight excluding hydrogens is 429 g/mol. The van der Waals surface area contributed by atoms with Crippen LogP contribution in [0.5, 0.6) is 0 Å². The fourth-order valence-electron chi connectivity index (χ4n) is 3.46. The van der Waals surface area contributed by atoms with Crippen molar-refractivity contribution in [1.82, 2.24) is 9.62 Å². The Morgan fingerprint density at radius 3 is 2.71 bits per heavy atom. The van der Waals surface area contributed by atoms with Crippen LogP contribution < -0.4 is 9.62 Å². The predicted octanol–water partition coefficient (Wildman–Crippen LogP) is 2.82. The number of carbonyl (C=O) groups is 2. The highest BCUT2D eigenvalue weighted by Gasteiger charge is 2.49. The highest BCUT2D eigenvalue weighted by Crippen LogP contribution is 2.33.